The van der Waals surface area contributed by atoms with E-state index in [1.165, 1.54) is 38.0 Å². The van der Waals surface area contributed by atoms with Crippen LogP contribution in [-0.2, 0) is 0 Å². The topological polar surface area (TPSA) is 12.0 Å². The van der Waals surface area contributed by atoms with Gasteiger partial charge < -0.3 is 5.32 Å². The monoisotopic (exact) mass is 355 g/mol. The molecule has 0 radical (unpaired) electrons. The first kappa shape index (κ1) is 16.0. The van der Waals surface area contributed by atoms with E-state index in [0.717, 1.165) is 11.4 Å². The van der Waals surface area contributed by atoms with Crippen molar-refractivity contribution < 1.29 is 0 Å². The molecule has 0 saturated carbocycles. The van der Waals surface area contributed by atoms with Gasteiger partial charge in [0, 0.05) is 32.4 Å². The second-order valence-corrected chi connectivity index (χ2v) is 8.89. The van der Waals surface area contributed by atoms with Crippen LogP contribution >= 0.6 is 22.9 Å². The van der Waals surface area contributed by atoms with Gasteiger partial charge in [-0.15, -0.1) is 11.3 Å². The quantitative estimate of drug-likeness (QED) is 0.485. The minimum Gasteiger partial charge on any atom is -0.380 e. The van der Waals surface area contributed by atoms with Gasteiger partial charge in [0.25, 0.3) is 0 Å². The molecular formula is C21H22ClNS. The number of benzene rings is 2. The lowest BCUT2D eigenvalue weighted by atomic mass is 9.79. The van der Waals surface area contributed by atoms with E-state index < -0.39 is 0 Å². The molecule has 24 heavy (non-hydrogen) atoms. The largest absolute Gasteiger partial charge is 0.380 e. The fourth-order valence-corrected chi connectivity index (χ4v) is 5.49. The van der Waals surface area contributed by atoms with E-state index in [2.05, 4.69) is 68.7 Å². The number of anilines is 1. The first-order chi connectivity index (χ1) is 11.4. The van der Waals surface area contributed by atoms with Crippen LogP contribution in [0.5, 0.6) is 0 Å². The summed E-state index contributed by atoms with van der Waals surface area (Å²) in [5, 5.41) is 8.15. The van der Waals surface area contributed by atoms with Crippen molar-refractivity contribution in [3.05, 3.63) is 51.9 Å². The van der Waals surface area contributed by atoms with Gasteiger partial charge in [-0.05, 0) is 61.7 Å². The molecule has 1 N–H and O–H groups in total. The molecule has 1 aromatic heterocycles. The average Bonchev–Trinajstić information content (AvgIpc) is 2.93. The van der Waals surface area contributed by atoms with Crippen LogP contribution in [-0.4, -0.2) is 5.54 Å². The molecule has 2 aromatic carbocycles. The van der Waals surface area contributed by atoms with Crippen molar-refractivity contribution in [2.75, 3.05) is 5.32 Å². The Kier molecular flexibility index (Phi) is 3.67. The van der Waals surface area contributed by atoms with Crippen molar-refractivity contribution >= 4 is 38.7 Å². The summed E-state index contributed by atoms with van der Waals surface area (Å²) in [6.45, 7) is 9.01. The van der Waals surface area contributed by atoms with Gasteiger partial charge in [-0.1, -0.05) is 36.7 Å². The normalized spacial score (nSPS) is 19.1. The molecular weight excluding hydrogens is 334 g/mol. The summed E-state index contributed by atoms with van der Waals surface area (Å²) in [6.07, 6.45) is 1.09. The Morgan fingerprint density at radius 3 is 2.75 bits per heavy atom. The highest BCUT2D eigenvalue weighted by Crippen LogP contribution is 2.48. The van der Waals surface area contributed by atoms with Crippen molar-refractivity contribution in [3.63, 3.8) is 0 Å². The SMILES string of the molecule is Cc1cc(-c2csc3ccccc23)c(Cl)c2c1NC(C)(C)CC2C. The molecule has 3 heteroatoms. The summed E-state index contributed by atoms with van der Waals surface area (Å²) >= 11 is 8.73. The van der Waals surface area contributed by atoms with E-state index in [1.54, 1.807) is 11.3 Å². The van der Waals surface area contributed by atoms with Crippen LogP contribution in [0.1, 0.15) is 44.2 Å². The van der Waals surface area contributed by atoms with Crippen LogP contribution in [0, 0.1) is 6.92 Å². The van der Waals surface area contributed by atoms with Gasteiger partial charge in [-0.25, -0.2) is 0 Å². The van der Waals surface area contributed by atoms with Crippen molar-refractivity contribution in [1.29, 1.82) is 0 Å². The number of fused-ring (bicyclic) bond motifs is 2. The number of halogens is 1. The molecule has 0 fully saturated rings. The third-order valence-corrected chi connectivity index (χ3v) is 6.41. The van der Waals surface area contributed by atoms with E-state index >= 15 is 0 Å². The van der Waals surface area contributed by atoms with Gasteiger partial charge in [-0.2, -0.15) is 0 Å². The summed E-state index contributed by atoms with van der Waals surface area (Å²) < 4.78 is 1.31. The number of rotatable bonds is 1. The highest BCUT2D eigenvalue weighted by molar-refractivity contribution is 7.17. The molecule has 2 heterocycles. The van der Waals surface area contributed by atoms with Gasteiger partial charge in [0.15, 0.2) is 0 Å². The summed E-state index contributed by atoms with van der Waals surface area (Å²) in [4.78, 5) is 0. The Morgan fingerprint density at radius 2 is 1.96 bits per heavy atom. The highest BCUT2D eigenvalue weighted by Gasteiger charge is 2.33. The zero-order valence-electron chi connectivity index (χ0n) is 14.5. The molecule has 4 rings (SSSR count). The molecule has 1 nitrogen and oxygen atoms in total. The second kappa shape index (κ2) is 5.50. The molecule has 1 atom stereocenters. The average molecular weight is 356 g/mol. The smallest absolute Gasteiger partial charge is 0.0540 e. The Labute approximate surface area is 152 Å². The molecule has 1 aliphatic heterocycles. The van der Waals surface area contributed by atoms with Crippen molar-refractivity contribution in [2.45, 2.75) is 45.6 Å². The number of aryl methyl sites for hydroxylation is 1. The third kappa shape index (κ3) is 2.44. The molecule has 0 amide bonds. The summed E-state index contributed by atoms with van der Waals surface area (Å²) in [5.41, 5.74) is 6.31. The molecule has 0 aliphatic carbocycles. The number of thiophene rings is 1. The second-order valence-electron chi connectivity index (χ2n) is 7.60. The van der Waals surface area contributed by atoms with Gasteiger partial charge in [0.1, 0.15) is 0 Å². The molecule has 1 unspecified atom stereocenters. The van der Waals surface area contributed by atoms with Gasteiger partial charge in [-0.3, -0.25) is 0 Å². The maximum absolute atomic E-state index is 6.94. The molecule has 0 saturated heterocycles. The molecule has 0 bridgehead atoms. The summed E-state index contributed by atoms with van der Waals surface area (Å²) in [5.74, 6) is 0.451. The first-order valence-electron chi connectivity index (χ1n) is 8.45. The first-order valence-corrected chi connectivity index (χ1v) is 9.71. The van der Waals surface area contributed by atoms with E-state index in [1.807, 2.05) is 0 Å². The summed E-state index contributed by atoms with van der Waals surface area (Å²) in [6, 6.07) is 10.8. The zero-order valence-corrected chi connectivity index (χ0v) is 16.1. The fourth-order valence-electron chi connectivity index (χ4n) is 4.09. The van der Waals surface area contributed by atoms with Crippen LogP contribution in [0.25, 0.3) is 21.2 Å². The van der Waals surface area contributed by atoms with Gasteiger partial charge in [0.2, 0.25) is 0 Å². The van der Waals surface area contributed by atoms with E-state index in [-0.39, 0.29) is 5.54 Å². The minimum absolute atomic E-state index is 0.108. The molecule has 124 valence electrons. The minimum atomic E-state index is 0.108. The number of nitrogens with one attached hydrogen (secondary N) is 1. The molecule has 1 aliphatic rings. The maximum atomic E-state index is 6.94. The maximum Gasteiger partial charge on any atom is 0.0540 e. The number of hydrogen-bond donors (Lipinski definition) is 1. The number of hydrogen-bond acceptors (Lipinski definition) is 2. The lowest BCUT2D eigenvalue weighted by molar-refractivity contribution is 0.454. The van der Waals surface area contributed by atoms with E-state index in [0.29, 0.717) is 5.92 Å². The Morgan fingerprint density at radius 1 is 1.21 bits per heavy atom. The highest BCUT2D eigenvalue weighted by atomic mass is 35.5. The zero-order chi connectivity index (χ0) is 17.1. The van der Waals surface area contributed by atoms with Crippen molar-refractivity contribution in [3.8, 4) is 11.1 Å². The van der Waals surface area contributed by atoms with Crippen molar-refractivity contribution in [1.82, 2.24) is 0 Å². The molecule has 3 aromatic rings. The lowest BCUT2D eigenvalue weighted by Gasteiger charge is -2.39. The van der Waals surface area contributed by atoms with Crippen LogP contribution in [0.3, 0.4) is 0 Å². The van der Waals surface area contributed by atoms with Gasteiger partial charge >= 0.3 is 0 Å². The summed E-state index contributed by atoms with van der Waals surface area (Å²) in [7, 11) is 0. The lowest BCUT2D eigenvalue weighted by Crippen LogP contribution is -2.37. The van der Waals surface area contributed by atoms with Crippen LogP contribution < -0.4 is 5.32 Å². The molecule has 0 spiro atoms. The van der Waals surface area contributed by atoms with Crippen LogP contribution in [0.15, 0.2) is 35.7 Å². The fraction of sp³-hybridized carbons (Fsp3) is 0.333. The predicted octanol–water partition coefficient (Wildman–Crippen LogP) is 7.23. The van der Waals surface area contributed by atoms with E-state index in [4.69, 9.17) is 11.6 Å². The van der Waals surface area contributed by atoms with Gasteiger partial charge in [0.05, 0.1) is 5.02 Å². The Hall–Kier alpha value is -1.51. The predicted molar refractivity (Wildman–Crippen MR) is 108 cm³/mol. The van der Waals surface area contributed by atoms with Crippen molar-refractivity contribution in [2.24, 2.45) is 0 Å². The Bertz CT molecular complexity index is 938. The third-order valence-electron chi connectivity index (χ3n) is 5.04. The van der Waals surface area contributed by atoms with E-state index in [9.17, 15) is 0 Å². The Balaban J connectivity index is 1.96. The van der Waals surface area contributed by atoms with Crippen LogP contribution in [0.2, 0.25) is 5.02 Å². The standard InChI is InChI=1S/C21H22ClNS/c1-12-9-15(16-11-24-17-8-6-5-7-14(16)17)19(22)18-13(2)10-21(3,4)23-20(12)18/h5-9,11,13,23H,10H2,1-4H3. The van der Waals surface area contributed by atoms with Crippen LogP contribution in [0.4, 0.5) is 5.69 Å².